The van der Waals surface area contributed by atoms with Crippen molar-refractivity contribution < 1.29 is 4.74 Å². The summed E-state index contributed by atoms with van der Waals surface area (Å²) in [4.78, 5) is 0. The average molecular weight is 217 g/mol. The molecule has 2 rings (SSSR count). The van der Waals surface area contributed by atoms with Crippen LogP contribution in [0.5, 0.6) is 0 Å². The molecule has 16 heavy (non-hydrogen) atoms. The van der Waals surface area contributed by atoms with Crippen LogP contribution in [0.1, 0.15) is 37.5 Å². The van der Waals surface area contributed by atoms with E-state index < -0.39 is 0 Å². The summed E-state index contributed by atoms with van der Waals surface area (Å²) in [5.41, 5.74) is 4.96. The lowest BCUT2D eigenvalue weighted by Gasteiger charge is -2.09. The molecule has 1 aromatic carbocycles. The highest BCUT2D eigenvalue weighted by Gasteiger charge is 2.19. The van der Waals surface area contributed by atoms with Crippen molar-refractivity contribution in [3.63, 3.8) is 0 Å². The molecule has 1 heterocycles. The fourth-order valence-corrected chi connectivity index (χ4v) is 2.15. The SMILES string of the molecule is CCc1cc(C)cc(C2=C(C)NC(C)O2)c1. The summed E-state index contributed by atoms with van der Waals surface area (Å²) >= 11 is 0. The third kappa shape index (κ3) is 2.06. The van der Waals surface area contributed by atoms with Gasteiger partial charge in [-0.05, 0) is 44.9 Å². The molecular formula is C14H19NO. The van der Waals surface area contributed by atoms with Gasteiger partial charge < -0.3 is 10.1 Å². The summed E-state index contributed by atoms with van der Waals surface area (Å²) in [7, 11) is 0. The van der Waals surface area contributed by atoms with Gasteiger partial charge in [0.15, 0.2) is 6.23 Å². The summed E-state index contributed by atoms with van der Waals surface area (Å²) in [6.45, 7) is 8.39. The lowest BCUT2D eigenvalue weighted by Crippen LogP contribution is -2.18. The molecule has 1 aliphatic heterocycles. The number of rotatable bonds is 2. The van der Waals surface area contributed by atoms with Crippen molar-refractivity contribution in [2.24, 2.45) is 0 Å². The van der Waals surface area contributed by atoms with Gasteiger partial charge in [-0.1, -0.05) is 18.6 Å². The molecule has 1 N–H and O–H groups in total. The Hall–Kier alpha value is -1.44. The van der Waals surface area contributed by atoms with E-state index in [1.54, 1.807) is 0 Å². The summed E-state index contributed by atoms with van der Waals surface area (Å²) < 4.78 is 5.78. The molecule has 1 atom stereocenters. The first-order chi connectivity index (χ1) is 7.60. The fourth-order valence-electron chi connectivity index (χ4n) is 2.15. The lowest BCUT2D eigenvalue weighted by atomic mass is 10.0. The summed E-state index contributed by atoms with van der Waals surface area (Å²) in [5, 5.41) is 3.28. The van der Waals surface area contributed by atoms with Crippen LogP contribution in [0.4, 0.5) is 0 Å². The Balaban J connectivity index is 2.41. The topological polar surface area (TPSA) is 21.3 Å². The molecule has 0 radical (unpaired) electrons. The van der Waals surface area contributed by atoms with Crippen LogP contribution < -0.4 is 5.32 Å². The Bertz CT molecular complexity index is 434. The van der Waals surface area contributed by atoms with Crippen molar-refractivity contribution in [2.45, 2.75) is 40.3 Å². The Morgan fingerprint density at radius 3 is 2.56 bits per heavy atom. The van der Waals surface area contributed by atoms with E-state index in [4.69, 9.17) is 4.74 Å². The van der Waals surface area contributed by atoms with Crippen LogP contribution in [0.25, 0.3) is 5.76 Å². The molecule has 1 aliphatic rings. The maximum atomic E-state index is 5.78. The van der Waals surface area contributed by atoms with Gasteiger partial charge in [0.2, 0.25) is 0 Å². The zero-order valence-electron chi connectivity index (χ0n) is 10.4. The lowest BCUT2D eigenvalue weighted by molar-refractivity contribution is 0.190. The monoisotopic (exact) mass is 217 g/mol. The second kappa shape index (κ2) is 4.20. The van der Waals surface area contributed by atoms with Crippen LogP contribution in [0.15, 0.2) is 23.9 Å². The van der Waals surface area contributed by atoms with Gasteiger partial charge in [-0.2, -0.15) is 0 Å². The minimum absolute atomic E-state index is 0.0839. The number of aryl methyl sites for hydroxylation is 2. The van der Waals surface area contributed by atoms with Crippen LogP contribution >= 0.6 is 0 Å². The standard InChI is InChI=1S/C14H19NO/c1-5-12-6-9(2)7-13(8-12)14-10(3)15-11(4)16-14/h6-8,11,15H,5H2,1-4H3. The normalized spacial score (nSPS) is 19.6. The van der Waals surface area contributed by atoms with Gasteiger partial charge >= 0.3 is 0 Å². The molecular weight excluding hydrogens is 198 g/mol. The zero-order chi connectivity index (χ0) is 11.7. The van der Waals surface area contributed by atoms with E-state index in [-0.39, 0.29) is 6.23 Å². The Morgan fingerprint density at radius 1 is 1.25 bits per heavy atom. The van der Waals surface area contributed by atoms with Crippen LogP contribution in [-0.2, 0) is 11.2 Å². The Kier molecular flexibility index (Phi) is 2.90. The first kappa shape index (κ1) is 11.1. The highest BCUT2D eigenvalue weighted by atomic mass is 16.5. The number of allylic oxidation sites excluding steroid dienone is 1. The Labute approximate surface area is 97.3 Å². The van der Waals surface area contributed by atoms with Crippen LogP contribution in [0.2, 0.25) is 0 Å². The van der Waals surface area contributed by atoms with E-state index in [1.165, 1.54) is 16.7 Å². The molecule has 2 heteroatoms. The minimum atomic E-state index is 0.0839. The van der Waals surface area contributed by atoms with Crippen molar-refractivity contribution in [2.75, 3.05) is 0 Å². The zero-order valence-corrected chi connectivity index (χ0v) is 10.4. The highest BCUT2D eigenvalue weighted by Crippen LogP contribution is 2.27. The molecule has 0 aromatic heterocycles. The molecule has 0 fully saturated rings. The number of ether oxygens (including phenoxy) is 1. The number of benzene rings is 1. The highest BCUT2D eigenvalue weighted by molar-refractivity contribution is 5.65. The molecule has 0 aliphatic carbocycles. The quantitative estimate of drug-likeness (QED) is 0.821. The minimum Gasteiger partial charge on any atom is -0.469 e. The summed E-state index contributed by atoms with van der Waals surface area (Å²) in [6.07, 6.45) is 1.14. The number of hydrogen-bond donors (Lipinski definition) is 1. The van der Waals surface area contributed by atoms with Crippen LogP contribution in [0.3, 0.4) is 0 Å². The van der Waals surface area contributed by atoms with Gasteiger partial charge in [0.05, 0.1) is 5.70 Å². The van der Waals surface area contributed by atoms with Gasteiger partial charge in [0.1, 0.15) is 5.76 Å². The predicted octanol–water partition coefficient (Wildman–Crippen LogP) is 3.21. The van der Waals surface area contributed by atoms with Gasteiger partial charge in [0, 0.05) is 5.56 Å². The molecule has 1 unspecified atom stereocenters. The van der Waals surface area contributed by atoms with E-state index >= 15 is 0 Å². The van der Waals surface area contributed by atoms with Crippen LogP contribution in [0, 0.1) is 6.92 Å². The second-order valence-electron chi connectivity index (χ2n) is 4.42. The second-order valence-corrected chi connectivity index (χ2v) is 4.42. The maximum Gasteiger partial charge on any atom is 0.167 e. The third-order valence-corrected chi connectivity index (χ3v) is 2.86. The fraction of sp³-hybridized carbons (Fsp3) is 0.429. The number of nitrogens with one attached hydrogen (secondary N) is 1. The third-order valence-electron chi connectivity index (χ3n) is 2.86. The maximum absolute atomic E-state index is 5.78. The Morgan fingerprint density at radius 2 is 2.00 bits per heavy atom. The molecule has 0 saturated heterocycles. The van der Waals surface area contributed by atoms with Crippen molar-refractivity contribution in [1.82, 2.24) is 5.32 Å². The molecule has 0 amide bonds. The van der Waals surface area contributed by atoms with E-state index in [0.717, 1.165) is 17.9 Å². The van der Waals surface area contributed by atoms with Crippen molar-refractivity contribution in [3.8, 4) is 0 Å². The van der Waals surface area contributed by atoms with E-state index in [0.29, 0.717) is 0 Å². The number of hydrogen-bond acceptors (Lipinski definition) is 2. The van der Waals surface area contributed by atoms with E-state index in [1.807, 2.05) is 6.92 Å². The van der Waals surface area contributed by atoms with Crippen molar-refractivity contribution in [1.29, 1.82) is 0 Å². The molecule has 0 bridgehead atoms. The average Bonchev–Trinajstić information content (AvgIpc) is 2.57. The van der Waals surface area contributed by atoms with Crippen molar-refractivity contribution >= 4 is 5.76 Å². The van der Waals surface area contributed by atoms with Gasteiger partial charge in [0.25, 0.3) is 0 Å². The first-order valence-corrected chi connectivity index (χ1v) is 5.85. The largest absolute Gasteiger partial charge is 0.469 e. The van der Waals surface area contributed by atoms with E-state index in [2.05, 4.69) is 44.3 Å². The molecule has 0 saturated carbocycles. The predicted molar refractivity (Wildman–Crippen MR) is 66.8 cm³/mol. The van der Waals surface area contributed by atoms with E-state index in [9.17, 15) is 0 Å². The van der Waals surface area contributed by atoms with Gasteiger partial charge in [-0.25, -0.2) is 0 Å². The molecule has 86 valence electrons. The van der Waals surface area contributed by atoms with Crippen molar-refractivity contribution in [3.05, 3.63) is 40.6 Å². The molecule has 0 spiro atoms. The smallest absolute Gasteiger partial charge is 0.167 e. The van der Waals surface area contributed by atoms with Gasteiger partial charge in [-0.3, -0.25) is 0 Å². The summed E-state index contributed by atoms with van der Waals surface area (Å²) in [5.74, 6) is 0.992. The molecule has 1 aromatic rings. The first-order valence-electron chi connectivity index (χ1n) is 5.85. The van der Waals surface area contributed by atoms with Gasteiger partial charge in [-0.15, -0.1) is 0 Å². The molecule has 2 nitrogen and oxygen atoms in total. The summed E-state index contributed by atoms with van der Waals surface area (Å²) in [6, 6.07) is 6.62. The van der Waals surface area contributed by atoms with Crippen LogP contribution in [-0.4, -0.2) is 6.23 Å².